The van der Waals surface area contributed by atoms with Gasteiger partial charge in [0.05, 0.1) is 20.3 Å². The van der Waals surface area contributed by atoms with E-state index in [0.29, 0.717) is 22.5 Å². The van der Waals surface area contributed by atoms with Crippen molar-refractivity contribution in [2.75, 3.05) is 14.2 Å². The molecule has 1 aromatic rings. The molecule has 1 aromatic heterocycles. The van der Waals surface area contributed by atoms with Crippen LogP contribution in [0.2, 0.25) is 0 Å². The zero-order valence-electron chi connectivity index (χ0n) is 10.9. The van der Waals surface area contributed by atoms with Gasteiger partial charge in [0.25, 0.3) is 0 Å². The van der Waals surface area contributed by atoms with Crippen LogP contribution in [0.5, 0.6) is 11.8 Å². The molecule has 0 aromatic carbocycles. The Bertz CT molecular complexity index is 339. The minimum Gasteiger partial charge on any atom is -0.481 e. The van der Waals surface area contributed by atoms with Crippen molar-refractivity contribution in [2.45, 2.75) is 31.5 Å². The molecule has 2 atom stereocenters. The SMILES string of the molecule is COc1cc(OC)nc(C(C(C)C)C(C)Br)n1. The molecule has 0 aliphatic rings. The molecule has 0 amide bonds. The van der Waals surface area contributed by atoms with Crippen molar-refractivity contribution in [3.8, 4) is 11.8 Å². The molecule has 2 unspecified atom stereocenters. The minimum absolute atomic E-state index is 0.221. The van der Waals surface area contributed by atoms with E-state index in [0.717, 1.165) is 5.82 Å². The summed E-state index contributed by atoms with van der Waals surface area (Å²) in [5.41, 5.74) is 0. The Hall–Kier alpha value is -0.840. The van der Waals surface area contributed by atoms with Crippen molar-refractivity contribution in [3.05, 3.63) is 11.9 Å². The molecule has 0 saturated carbocycles. The van der Waals surface area contributed by atoms with Crippen LogP contribution < -0.4 is 9.47 Å². The molecule has 0 N–H and O–H groups in total. The van der Waals surface area contributed by atoms with Gasteiger partial charge in [-0.2, -0.15) is 9.97 Å². The summed E-state index contributed by atoms with van der Waals surface area (Å²) in [6.45, 7) is 6.40. The van der Waals surface area contributed by atoms with E-state index in [2.05, 4.69) is 46.7 Å². The fraction of sp³-hybridized carbons (Fsp3) is 0.667. The van der Waals surface area contributed by atoms with Crippen LogP contribution in [0, 0.1) is 5.92 Å². The Balaban J connectivity index is 3.17. The molecule has 0 aliphatic carbocycles. The second kappa shape index (κ2) is 6.19. The molecule has 0 fully saturated rings. The van der Waals surface area contributed by atoms with Gasteiger partial charge >= 0.3 is 0 Å². The lowest BCUT2D eigenvalue weighted by molar-refractivity contribution is 0.359. The van der Waals surface area contributed by atoms with Crippen molar-refractivity contribution in [3.63, 3.8) is 0 Å². The normalized spacial score (nSPS) is 14.5. The van der Waals surface area contributed by atoms with Gasteiger partial charge in [-0.25, -0.2) is 0 Å². The summed E-state index contributed by atoms with van der Waals surface area (Å²) in [4.78, 5) is 9.09. The van der Waals surface area contributed by atoms with Crippen LogP contribution in [-0.2, 0) is 0 Å². The average molecular weight is 303 g/mol. The van der Waals surface area contributed by atoms with E-state index < -0.39 is 0 Å². The van der Waals surface area contributed by atoms with Crippen molar-refractivity contribution in [2.24, 2.45) is 5.92 Å². The number of nitrogens with zero attached hydrogens (tertiary/aromatic N) is 2. The second-order valence-electron chi connectivity index (χ2n) is 4.26. The van der Waals surface area contributed by atoms with Gasteiger partial charge < -0.3 is 9.47 Å². The quantitative estimate of drug-likeness (QED) is 0.784. The highest BCUT2D eigenvalue weighted by molar-refractivity contribution is 9.09. The van der Waals surface area contributed by atoms with E-state index >= 15 is 0 Å². The minimum atomic E-state index is 0.221. The molecule has 4 nitrogen and oxygen atoms in total. The summed E-state index contributed by atoms with van der Waals surface area (Å²) in [7, 11) is 3.18. The topological polar surface area (TPSA) is 44.2 Å². The zero-order valence-corrected chi connectivity index (χ0v) is 12.5. The van der Waals surface area contributed by atoms with Gasteiger partial charge in [0.1, 0.15) is 5.82 Å². The number of ether oxygens (including phenoxy) is 2. The standard InChI is InChI=1S/C12H19BrN2O2/c1-7(2)11(8(3)13)12-14-9(16-4)6-10(15-12)17-5/h6-8,11H,1-5H3. The fourth-order valence-electron chi connectivity index (χ4n) is 1.81. The monoisotopic (exact) mass is 302 g/mol. The Morgan fingerprint density at radius 2 is 1.53 bits per heavy atom. The van der Waals surface area contributed by atoms with Crippen LogP contribution in [0.3, 0.4) is 0 Å². The number of hydrogen-bond acceptors (Lipinski definition) is 4. The first-order chi connectivity index (χ1) is 7.99. The van der Waals surface area contributed by atoms with Gasteiger partial charge in [0.15, 0.2) is 0 Å². The molecule has 1 heterocycles. The van der Waals surface area contributed by atoms with Crippen LogP contribution in [0.15, 0.2) is 6.07 Å². The van der Waals surface area contributed by atoms with Crippen LogP contribution in [0.25, 0.3) is 0 Å². The fourth-order valence-corrected chi connectivity index (χ4v) is 2.66. The molecule has 0 radical (unpaired) electrons. The maximum absolute atomic E-state index is 5.16. The Labute approximate surface area is 111 Å². The molecule has 0 bridgehead atoms. The van der Waals surface area contributed by atoms with E-state index in [1.807, 2.05) is 0 Å². The summed E-state index contributed by atoms with van der Waals surface area (Å²) < 4.78 is 10.3. The number of rotatable bonds is 5. The zero-order chi connectivity index (χ0) is 13.0. The van der Waals surface area contributed by atoms with E-state index in [4.69, 9.17) is 9.47 Å². The Morgan fingerprint density at radius 1 is 1.06 bits per heavy atom. The van der Waals surface area contributed by atoms with Crippen molar-refractivity contribution < 1.29 is 9.47 Å². The summed E-state index contributed by atoms with van der Waals surface area (Å²) in [6, 6.07) is 1.68. The van der Waals surface area contributed by atoms with E-state index in [1.54, 1.807) is 20.3 Å². The third kappa shape index (κ3) is 3.56. The Kier molecular flexibility index (Phi) is 5.18. The molecular formula is C12H19BrN2O2. The van der Waals surface area contributed by atoms with E-state index in [-0.39, 0.29) is 5.92 Å². The predicted molar refractivity (Wildman–Crippen MR) is 71.1 cm³/mol. The molecule has 1 rings (SSSR count). The predicted octanol–water partition coefficient (Wildman–Crippen LogP) is 3.02. The van der Waals surface area contributed by atoms with Crippen LogP contribution in [-0.4, -0.2) is 29.0 Å². The summed E-state index contributed by atoms with van der Waals surface area (Å²) in [5.74, 6) is 2.47. The lowest BCUT2D eigenvalue weighted by Gasteiger charge is -2.22. The van der Waals surface area contributed by atoms with E-state index in [9.17, 15) is 0 Å². The summed E-state index contributed by atoms with van der Waals surface area (Å²) >= 11 is 3.61. The molecule has 17 heavy (non-hydrogen) atoms. The highest BCUT2D eigenvalue weighted by Gasteiger charge is 2.25. The number of hydrogen-bond donors (Lipinski definition) is 0. The largest absolute Gasteiger partial charge is 0.481 e. The first-order valence-corrected chi connectivity index (χ1v) is 6.52. The first-order valence-electron chi connectivity index (χ1n) is 5.60. The molecule has 96 valence electrons. The van der Waals surface area contributed by atoms with Gasteiger partial charge in [0.2, 0.25) is 11.8 Å². The maximum Gasteiger partial charge on any atom is 0.220 e. The molecule has 0 spiro atoms. The van der Waals surface area contributed by atoms with Crippen molar-refractivity contribution in [1.82, 2.24) is 9.97 Å². The molecule has 5 heteroatoms. The van der Waals surface area contributed by atoms with Gasteiger partial charge in [0, 0.05) is 10.7 Å². The van der Waals surface area contributed by atoms with Crippen LogP contribution >= 0.6 is 15.9 Å². The summed E-state index contributed by atoms with van der Waals surface area (Å²) in [6.07, 6.45) is 0. The Morgan fingerprint density at radius 3 is 1.82 bits per heavy atom. The number of halogens is 1. The third-order valence-corrected chi connectivity index (χ3v) is 3.20. The molecular weight excluding hydrogens is 284 g/mol. The van der Waals surface area contributed by atoms with Gasteiger partial charge in [-0.15, -0.1) is 0 Å². The highest BCUT2D eigenvalue weighted by Crippen LogP contribution is 2.31. The number of alkyl halides is 1. The molecule has 0 aliphatic heterocycles. The van der Waals surface area contributed by atoms with Crippen molar-refractivity contribution >= 4 is 15.9 Å². The van der Waals surface area contributed by atoms with Gasteiger partial charge in [-0.3, -0.25) is 0 Å². The van der Waals surface area contributed by atoms with Crippen LogP contribution in [0.1, 0.15) is 32.5 Å². The second-order valence-corrected chi connectivity index (χ2v) is 5.70. The maximum atomic E-state index is 5.16. The van der Waals surface area contributed by atoms with E-state index in [1.165, 1.54) is 0 Å². The lowest BCUT2D eigenvalue weighted by Crippen LogP contribution is -2.19. The highest BCUT2D eigenvalue weighted by atomic mass is 79.9. The summed E-state index contributed by atoms with van der Waals surface area (Å²) in [5, 5.41) is 0. The lowest BCUT2D eigenvalue weighted by atomic mass is 9.92. The van der Waals surface area contributed by atoms with Crippen molar-refractivity contribution in [1.29, 1.82) is 0 Å². The smallest absolute Gasteiger partial charge is 0.220 e. The molecule has 0 saturated heterocycles. The van der Waals surface area contributed by atoms with Gasteiger partial charge in [-0.1, -0.05) is 36.7 Å². The van der Waals surface area contributed by atoms with Crippen LogP contribution in [0.4, 0.5) is 0 Å². The van der Waals surface area contributed by atoms with Gasteiger partial charge in [-0.05, 0) is 5.92 Å². The third-order valence-electron chi connectivity index (χ3n) is 2.63. The first kappa shape index (κ1) is 14.2. The number of aromatic nitrogens is 2. The number of methoxy groups -OCH3 is 2. The average Bonchev–Trinajstić information content (AvgIpc) is 2.27.